The first kappa shape index (κ1) is 20.7. The zero-order valence-corrected chi connectivity index (χ0v) is 18.2. The van der Waals surface area contributed by atoms with Crippen molar-refractivity contribution < 1.29 is 4.74 Å². The summed E-state index contributed by atoms with van der Waals surface area (Å²) in [5, 5.41) is 24.2. The Hall–Kier alpha value is -3.22. The molecular weight excluding hydrogens is 404 g/mol. The van der Waals surface area contributed by atoms with Crippen molar-refractivity contribution in [1.29, 1.82) is 5.26 Å². The van der Waals surface area contributed by atoms with E-state index in [2.05, 4.69) is 42.9 Å². The van der Waals surface area contributed by atoms with E-state index in [0.29, 0.717) is 42.8 Å². The van der Waals surface area contributed by atoms with Gasteiger partial charge in [-0.05, 0) is 37.8 Å². The second-order valence-electron chi connectivity index (χ2n) is 8.61. The number of ether oxygens (including phenoxy) is 1. The fraction of sp³-hybridized carbons (Fsp3) is 0.478. The van der Waals surface area contributed by atoms with E-state index >= 15 is 0 Å². The number of aromatic amines is 1. The number of H-pyrrole nitrogens is 1. The van der Waals surface area contributed by atoms with Crippen molar-refractivity contribution in [2.75, 3.05) is 24.3 Å². The van der Waals surface area contributed by atoms with Crippen LogP contribution in [0.5, 0.6) is 0 Å². The van der Waals surface area contributed by atoms with Gasteiger partial charge in [0.25, 0.3) is 0 Å². The molecule has 2 aliphatic heterocycles. The Labute approximate surface area is 187 Å². The maximum absolute atomic E-state index is 8.98. The van der Waals surface area contributed by atoms with Crippen LogP contribution in [-0.4, -0.2) is 56.8 Å². The van der Waals surface area contributed by atoms with Crippen LogP contribution in [0.4, 0.5) is 17.5 Å². The lowest BCUT2D eigenvalue weighted by atomic mass is 9.97. The molecule has 9 heteroatoms. The van der Waals surface area contributed by atoms with Crippen molar-refractivity contribution in [1.82, 2.24) is 25.1 Å². The molecule has 0 aliphatic carbocycles. The molecule has 5 heterocycles. The van der Waals surface area contributed by atoms with Gasteiger partial charge in [-0.3, -0.25) is 15.0 Å². The molecule has 0 saturated carbocycles. The van der Waals surface area contributed by atoms with Gasteiger partial charge < -0.3 is 15.4 Å². The first-order chi connectivity index (χ1) is 15.7. The quantitative estimate of drug-likeness (QED) is 0.495. The van der Waals surface area contributed by atoms with Crippen LogP contribution in [0.2, 0.25) is 0 Å². The topological polar surface area (TPSA) is 115 Å². The Bertz CT molecular complexity index is 1110. The molecule has 3 aromatic rings. The number of methoxy groups -OCH3 is 1. The summed E-state index contributed by atoms with van der Waals surface area (Å²) in [6.07, 6.45) is 6.99. The number of anilines is 3. The molecule has 0 unspecified atom stereocenters. The fourth-order valence-corrected chi connectivity index (χ4v) is 5.17. The SMILES string of the molecule is COCc1cc(Nc2cc3ncccc3c(N[C@@H]3C[C@H]4CC[C@@H](C3)N4CCC#N)n2)n[nH]1. The van der Waals surface area contributed by atoms with Crippen LogP contribution >= 0.6 is 0 Å². The molecule has 2 fully saturated rings. The maximum Gasteiger partial charge on any atom is 0.153 e. The third kappa shape index (κ3) is 4.24. The molecule has 5 rings (SSSR count). The van der Waals surface area contributed by atoms with Crippen molar-refractivity contribution in [2.24, 2.45) is 0 Å². The number of pyridine rings is 2. The largest absolute Gasteiger partial charge is 0.378 e. The predicted molar refractivity (Wildman–Crippen MR) is 123 cm³/mol. The first-order valence-electron chi connectivity index (χ1n) is 11.2. The van der Waals surface area contributed by atoms with E-state index in [1.807, 2.05) is 18.2 Å². The number of rotatable bonds is 8. The molecule has 2 bridgehead atoms. The summed E-state index contributed by atoms with van der Waals surface area (Å²) < 4.78 is 5.15. The molecule has 3 atom stereocenters. The molecule has 2 aliphatic rings. The predicted octanol–water partition coefficient (Wildman–Crippen LogP) is 3.56. The van der Waals surface area contributed by atoms with Crippen molar-refractivity contribution in [3.63, 3.8) is 0 Å². The lowest BCUT2D eigenvalue weighted by Crippen LogP contribution is -2.47. The molecule has 3 aromatic heterocycles. The highest BCUT2D eigenvalue weighted by atomic mass is 16.5. The molecule has 0 amide bonds. The minimum Gasteiger partial charge on any atom is -0.378 e. The number of fused-ring (bicyclic) bond motifs is 3. The summed E-state index contributed by atoms with van der Waals surface area (Å²) in [5.74, 6) is 2.24. The highest BCUT2D eigenvalue weighted by Crippen LogP contribution is 2.37. The summed E-state index contributed by atoms with van der Waals surface area (Å²) in [7, 11) is 1.66. The number of nitriles is 1. The summed E-state index contributed by atoms with van der Waals surface area (Å²) in [4.78, 5) is 12.0. The van der Waals surface area contributed by atoms with Gasteiger partial charge in [0.15, 0.2) is 5.82 Å². The van der Waals surface area contributed by atoms with Gasteiger partial charge in [0.05, 0.1) is 23.9 Å². The Morgan fingerprint density at radius 3 is 2.88 bits per heavy atom. The smallest absolute Gasteiger partial charge is 0.153 e. The minimum absolute atomic E-state index is 0.357. The molecule has 0 spiro atoms. The number of nitrogens with one attached hydrogen (secondary N) is 3. The lowest BCUT2D eigenvalue weighted by Gasteiger charge is -2.39. The van der Waals surface area contributed by atoms with Gasteiger partial charge in [-0.2, -0.15) is 10.4 Å². The molecule has 3 N–H and O–H groups in total. The highest BCUT2D eigenvalue weighted by Gasteiger charge is 2.40. The van der Waals surface area contributed by atoms with Crippen LogP contribution in [0, 0.1) is 11.3 Å². The van der Waals surface area contributed by atoms with Crippen molar-refractivity contribution >= 4 is 28.4 Å². The average Bonchev–Trinajstić information content (AvgIpc) is 3.33. The molecule has 32 heavy (non-hydrogen) atoms. The zero-order valence-electron chi connectivity index (χ0n) is 18.2. The minimum atomic E-state index is 0.357. The first-order valence-corrected chi connectivity index (χ1v) is 11.2. The highest BCUT2D eigenvalue weighted by molar-refractivity contribution is 5.91. The monoisotopic (exact) mass is 432 g/mol. The van der Waals surface area contributed by atoms with Gasteiger partial charge in [0.2, 0.25) is 0 Å². The molecule has 9 nitrogen and oxygen atoms in total. The normalized spacial score (nSPS) is 22.7. The van der Waals surface area contributed by atoms with E-state index in [1.165, 1.54) is 12.8 Å². The van der Waals surface area contributed by atoms with Crippen LogP contribution in [0.25, 0.3) is 10.9 Å². The zero-order chi connectivity index (χ0) is 21.9. The molecule has 2 saturated heterocycles. The number of aromatic nitrogens is 4. The Kier molecular flexibility index (Phi) is 5.88. The van der Waals surface area contributed by atoms with Gasteiger partial charge >= 0.3 is 0 Å². The molecule has 166 valence electrons. The molecular formula is C23H28N8O. The van der Waals surface area contributed by atoms with E-state index < -0.39 is 0 Å². The lowest BCUT2D eigenvalue weighted by molar-refractivity contribution is 0.136. The summed E-state index contributed by atoms with van der Waals surface area (Å²) >= 11 is 0. The fourth-order valence-electron chi connectivity index (χ4n) is 5.17. The van der Waals surface area contributed by atoms with E-state index in [9.17, 15) is 0 Å². The van der Waals surface area contributed by atoms with Crippen LogP contribution in [0.3, 0.4) is 0 Å². The third-order valence-electron chi connectivity index (χ3n) is 6.49. The van der Waals surface area contributed by atoms with Crippen molar-refractivity contribution in [3.05, 3.63) is 36.2 Å². The number of piperidine rings is 1. The number of hydrogen-bond donors (Lipinski definition) is 3. The van der Waals surface area contributed by atoms with E-state index in [-0.39, 0.29) is 0 Å². The van der Waals surface area contributed by atoms with Crippen LogP contribution in [0.15, 0.2) is 30.5 Å². The third-order valence-corrected chi connectivity index (χ3v) is 6.49. The van der Waals surface area contributed by atoms with Crippen LogP contribution in [-0.2, 0) is 11.3 Å². The second-order valence-corrected chi connectivity index (χ2v) is 8.61. The Morgan fingerprint density at radius 1 is 1.25 bits per heavy atom. The summed E-state index contributed by atoms with van der Waals surface area (Å²) in [6, 6.07) is 11.6. The van der Waals surface area contributed by atoms with Crippen molar-refractivity contribution in [2.45, 2.75) is 56.8 Å². The van der Waals surface area contributed by atoms with Gasteiger partial charge in [-0.15, -0.1) is 0 Å². The average molecular weight is 433 g/mol. The van der Waals surface area contributed by atoms with E-state index in [4.69, 9.17) is 15.0 Å². The van der Waals surface area contributed by atoms with E-state index in [1.54, 1.807) is 13.3 Å². The van der Waals surface area contributed by atoms with Gasteiger partial charge in [-0.25, -0.2) is 4.98 Å². The van der Waals surface area contributed by atoms with E-state index in [0.717, 1.165) is 41.8 Å². The second kappa shape index (κ2) is 9.10. The van der Waals surface area contributed by atoms with Crippen molar-refractivity contribution in [3.8, 4) is 6.07 Å². The summed E-state index contributed by atoms with van der Waals surface area (Å²) in [5.41, 5.74) is 1.78. The van der Waals surface area contributed by atoms with Gasteiger partial charge in [0, 0.05) is 61.9 Å². The number of nitrogens with zero attached hydrogens (tertiary/aromatic N) is 5. The molecule has 0 radical (unpaired) electrons. The van der Waals surface area contributed by atoms with Crippen LogP contribution < -0.4 is 10.6 Å². The Balaban J connectivity index is 1.36. The van der Waals surface area contributed by atoms with Gasteiger partial charge in [0.1, 0.15) is 11.6 Å². The molecule has 0 aromatic carbocycles. The number of hydrogen-bond acceptors (Lipinski definition) is 8. The maximum atomic E-state index is 8.98. The van der Waals surface area contributed by atoms with Crippen LogP contribution in [0.1, 0.15) is 37.8 Å². The Morgan fingerprint density at radius 2 is 2.09 bits per heavy atom. The standard InChI is InChI=1S/C23H28N8O/c1-32-14-16-12-22(30-29-16)27-21-13-20-19(4-2-8-25-20)23(28-21)26-15-10-17-5-6-18(11-15)31(17)9-3-7-24/h2,4,8,12-13,15,17-18H,3,5-6,9-11,14H2,1H3,(H3,26,27,28,29,30)/t15-,17-,18+. The summed E-state index contributed by atoms with van der Waals surface area (Å²) in [6.45, 7) is 1.36. The van der Waals surface area contributed by atoms with Gasteiger partial charge in [-0.1, -0.05) is 0 Å².